The topological polar surface area (TPSA) is 47.4 Å². The van der Waals surface area contributed by atoms with Gasteiger partial charge in [0.25, 0.3) is 5.91 Å². The van der Waals surface area contributed by atoms with Crippen LogP contribution in [0.3, 0.4) is 0 Å². The van der Waals surface area contributed by atoms with Crippen molar-refractivity contribution >= 4 is 5.91 Å². The first-order valence-corrected chi connectivity index (χ1v) is 8.58. The molecule has 5 rings (SSSR count). The lowest BCUT2D eigenvalue weighted by molar-refractivity contribution is -0.220. The maximum atomic E-state index is 12.9. The molecular weight excluding hydrogens is 302 g/mol. The van der Waals surface area contributed by atoms with E-state index in [1.165, 1.54) is 0 Å². The van der Waals surface area contributed by atoms with Crippen molar-refractivity contribution in [3.05, 3.63) is 48.3 Å². The van der Waals surface area contributed by atoms with Crippen molar-refractivity contribution in [1.29, 1.82) is 0 Å². The van der Waals surface area contributed by atoms with E-state index in [1.807, 2.05) is 54.5 Å². The fourth-order valence-electron chi connectivity index (χ4n) is 4.12. The summed E-state index contributed by atoms with van der Waals surface area (Å²) in [5, 5.41) is 4.40. The van der Waals surface area contributed by atoms with Crippen molar-refractivity contribution in [2.24, 2.45) is 5.92 Å². The van der Waals surface area contributed by atoms with E-state index in [0.717, 1.165) is 30.5 Å². The summed E-state index contributed by atoms with van der Waals surface area (Å²) >= 11 is 0. The Morgan fingerprint density at radius 3 is 2.83 bits per heavy atom. The average Bonchev–Trinajstić information content (AvgIpc) is 3.02. The van der Waals surface area contributed by atoms with Crippen molar-refractivity contribution < 1.29 is 9.53 Å². The van der Waals surface area contributed by atoms with E-state index in [0.29, 0.717) is 12.5 Å². The van der Waals surface area contributed by atoms with Crippen LogP contribution < -0.4 is 0 Å². The number of ether oxygens (including phenoxy) is 1. The molecule has 1 aromatic carbocycles. The number of amides is 1. The molecule has 3 fully saturated rings. The Labute approximate surface area is 142 Å². The van der Waals surface area contributed by atoms with Gasteiger partial charge in [0.2, 0.25) is 0 Å². The van der Waals surface area contributed by atoms with Crippen molar-refractivity contribution in [3.63, 3.8) is 0 Å². The van der Waals surface area contributed by atoms with E-state index in [2.05, 4.69) is 12.0 Å². The van der Waals surface area contributed by atoms with Crippen LogP contribution in [0.5, 0.6) is 0 Å². The Morgan fingerprint density at radius 2 is 2.12 bits per heavy atom. The van der Waals surface area contributed by atoms with E-state index in [9.17, 15) is 4.79 Å². The van der Waals surface area contributed by atoms with Crippen LogP contribution in [-0.2, 0) is 16.1 Å². The minimum atomic E-state index is -0.563. The van der Waals surface area contributed by atoms with Gasteiger partial charge in [-0.2, -0.15) is 5.10 Å². The number of carbonyl (C=O) groups excluding carboxylic acids is 1. The fraction of sp³-hybridized carbons (Fsp3) is 0.474. The number of likely N-dealkylation sites (N-methyl/N-ethyl adjacent to an activating group) is 1. The summed E-state index contributed by atoms with van der Waals surface area (Å²) < 4.78 is 7.86. The number of rotatable bonds is 4. The predicted molar refractivity (Wildman–Crippen MR) is 90.7 cm³/mol. The largest absolute Gasteiger partial charge is 0.362 e. The number of hydrogen-bond acceptors (Lipinski definition) is 3. The third-order valence-corrected chi connectivity index (χ3v) is 5.14. The highest BCUT2D eigenvalue weighted by atomic mass is 16.5. The van der Waals surface area contributed by atoms with Gasteiger partial charge in [0.05, 0.1) is 18.0 Å². The maximum absolute atomic E-state index is 12.9. The van der Waals surface area contributed by atoms with Gasteiger partial charge in [-0.15, -0.1) is 0 Å². The van der Waals surface area contributed by atoms with Gasteiger partial charge in [-0.3, -0.25) is 4.79 Å². The molecule has 3 aliphatic rings. The second kappa shape index (κ2) is 5.74. The molecule has 1 unspecified atom stereocenters. The highest BCUT2D eigenvalue weighted by Crippen LogP contribution is 2.50. The minimum absolute atomic E-state index is 0.109. The first kappa shape index (κ1) is 15.4. The molecule has 1 atom stereocenters. The van der Waals surface area contributed by atoms with E-state index in [4.69, 9.17) is 4.74 Å². The van der Waals surface area contributed by atoms with Crippen molar-refractivity contribution in [2.75, 3.05) is 7.05 Å². The molecule has 1 saturated carbocycles. The molecule has 2 bridgehead atoms. The molecule has 5 nitrogen and oxygen atoms in total. The molecule has 1 aliphatic carbocycles. The highest BCUT2D eigenvalue weighted by Gasteiger charge is 2.56. The number of para-hydroxylation sites is 1. The third-order valence-electron chi connectivity index (χ3n) is 5.14. The van der Waals surface area contributed by atoms with Gasteiger partial charge in [0.1, 0.15) is 5.60 Å². The Kier molecular flexibility index (Phi) is 3.68. The van der Waals surface area contributed by atoms with Crippen molar-refractivity contribution in [3.8, 4) is 5.69 Å². The number of hydrogen-bond donors (Lipinski definition) is 0. The fourth-order valence-corrected chi connectivity index (χ4v) is 4.12. The zero-order chi connectivity index (χ0) is 16.7. The van der Waals surface area contributed by atoms with Crippen molar-refractivity contribution in [1.82, 2.24) is 14.7 Å². The van der Waals surface area contributed by atoms with Crippen LogP contribution in [0.1, 0.15) is 31.7 Å². The van der Waals surface area contributed by atoms with E-state index in [-0.39, 0.29) is 12.0 Å². The molecule has 5 heteroatoms. The molecule has 2 aliphatic heterocycles. The van der Waals surface area contributed by atoms with Crippen LogP contribution in [0.25, 0.3) is 5.69 Å². The average molecular weight is 325 g/mol. The van der Waals surface area contributed by atoms with Gasteiger partial charge >= 0.3 is 0 Å². The Hall–Kier alpha value is -2.14. The van der Waals surface area contributed by atoms with E-state index < -0.39 is 5.60 Å². The molecule has 0 N–H and O–H groups in total. The summed E-state index contributed by atoms with van der Waals surface area (Å²) in [6.45, 7) is 2.62. The summed E-state index contributed by atoms with van der Waals surface area (Å²) in [5.41, 5.74) is 1.47. The lowest BCUT2D eigenvalue weighted by Gasteiger charge is -2.53. The Bertz CT molecular complexity index is 734. The van der Waals surface area contributed by atoms with Crippen LogP contribution in [-0.4, -0.2) is 39.3 Å². The lowest BCUT2D eigenvalue weighted by Crippen LogP contribution is -2.62. The van der Waals surface area contributed by atoms with Crippen LogP contribution in [0.4, 0.5) is 0 Å². The van der Waals surface area contributed by atoms with Gasteiger partial charge in [-0.25, -0.2) is 4.68 Å². The van der Waals surface area contributed by atoms with E-state index >= 15 is 0 Å². The smallest absolute Gasteiger partial charge is 0.254 e. The SMILES string of the molecule is CC1CC2CC(C(=O)N(C)Cc3cnn(-c4ccccc4)c3)(C2)O1. The van der Waals surface area contributed by atoms with Crippen LogP contribution in [0, 0.1) is 5.92 Å². The van der Waals surface area contributed by atoms with Gasteiger partial charge in [-0.1, -0.05) is 18.2 Å². The number of nitrogens with zero attached hydrogens (tertiary/aromatic N) is 3. The van der Waals surface area contributed by atoms with Crippen LogP contribution in [0.2, 0.25) is 0 Å². The van der Waals surface area contributed by atoms with Crippen molar-refractivity contribution in [2.45, 2.75) is 44.4 Å². The van der Waals surface area contributed by atoms with Crippen LogP contribution >= 0.6 is 0 Å². The number of aromatic nitrogens is 2. The second-order valence-electron chi connectivity index (χ2n) is 7.22. The summed E-state index contributed by atoms with van der Waals surface area (Å²) in [7, 11) is 1.85. The maximum Gasteiger partial charge on any atom is 0.254 e. The third kappa shape index (κ3) is 2.63. The Balaban J connectivity index is 1.44. The van der Waals surface area contributed by atoms with Gasteiger partial charge in [0.15, 0.2) is 0 Å². The Morgan fingerprint density at radius 1 is 1.38 bits per heavy atom. The quantitative estimate of drug-likeness (QED) is 0.868. The van der Waals surface area contributed by atoms with E-state index in [1.54, 1.807) is 4.90 Å². The van der Waals surface area contributed by atoms with Crippen LogP contribution in [0.15, 0.2) is 42.7 Å². The normalized spacial score (nSPS) is 28.2. The standard InChI is InChI=1S/C19H23N3O2/c1-14-8-15-9-19(10-15,24-14)18(23)21(2)12-16-11-20-22(13-16)17-6-4-3-5-7-17/h3-7,11,13-15H,8-10,12H2,1-2H3. The molecule has 24 heavy (non-hydrogen) atoms. The highest BCUT2D eigenvalue weighted by molar-refractivity contribution is 5.86. The summed E-state index contributed by atoms with van der Waals surface area (Å²) in [6.07, 6.45) is 6.83. The number of carbonyl (C=O) groups is 1. The van der Waals surface area contributed by atoms with Gasteiger partial charge in [-0.05, 0) is 44.2 Å². The molecule has 2 aromatic rings. The molecule has 126 valence electrons. The monoisotopic (exact) mass is 325 g/mol. The molecular formula is C19H23N3O2. The zero-order valence-electron chi connectivity index (χ0n) is 14.2. The van der Waals surface area contributed by atoms with Gasteiger partial charge in [0, 0.05) is 25.4 Å². The number of fused-ring (bicyclic) bond motifs is 2. The zero-order valence-corrected chi connectivity index (χ0v) is 14.2. The summed E-state index contributed by atoms with van der Waals surface area (Å²) in [6, 6.07) is 9.98. The van der Waals surface area contributed by atoms with Gasteiger partial charge < -0.3 is 9.64 Å². The molecule has 1 amide bonds. The summed E-state index contributed by atoms with van der Waals surface area (Å²) in [5.74, 6) is 0.768. The number of benzene rings is 1. The molecule has 0 spiro atoms. The molecule has 0 radical (unpaired) electrons. The predicted octanol–water partition coefficient (Wildman–Crippen LogP) is 2.79. The minimum Gasteiger partial charge on any atom is -0.362 e. The first-order valence-electron chi connectivity index (χ1n) is 8.58. The first-order chi connectivity index (χ1) is 11.6. The second-order valence-corrected chi connectivity index (χ2v) is 7.22. The molecule has 1 aromatic heterocycles. The lowest BCUT2D eigenvalue weighted by atomic mass is 9.65. The summed E-state index contributed by atoms with van der Waals surface area (Å²) in [4.78, 5) is 14.6. The molecule has 3 heterocycles. The molecule has 2 saturated heterocycles.